The van der Waals surface area contributed by atoms with Crippen molar-refractivity contribution in [3.05, 3.63) is 203 Å². The number of fused-ring (bicyclic) bond motifs is 3. The normalized spacial score (nSPS) is 11.5. The van der Waals surface area contributed by atoms with Crippen molar-refractivity contribution in [3.63, 3.8) is 0 Å². The van der Waals surface area contributed by atoms with E-state index >= 15 is 0 Å². The van der Waals surface area contributed by atoms with E-state index in [4.69, 9.17) is 11.6 Å². The molecule has 0 saturated heterocycles. The maximum absolute atomic E-state index is 5.51. The number of rotatable bonds is 2. The van der Waals surface area contributed by atoms with Gasteiger partial charge >= 0.3 is 28.4 Å². The molecule has 2 aliphatic rings. The van der Waals surface area contributed by atoms with Gasteiger partial charge in [0.1, 0.15) is 0 Å². The van der Waals surface area contributed by atoms with Crippen LogP contribution in [0.15, 0.2) is 152 Å². The zero-order valence-electron chi connectivity index (χ0n) is 32.7. The minimum Gasteiger partial charge on any atom is -0.184 e. The summed E-state index contributed by atoms with van der Waals surface area (Å²) in [6.45, 7) is 13.9. The number of benzene rings is 6. The first kappa shape index (κ1) is 47.6. The number of halogens is 3. The summed E-state index contributed by atoms with van der Waals surface area (Å²) in [7, 11) is 0. The largest absolute Gasteiger partial charge is 0.184 e. The predicted octanol–water partition coefficient (Wildman–Crippen LogP) is 14.7. The summed E-state index contributed by atoms with van der Waals surface area (Å²) in [6.07, 6.45) is 10.9. The Bertz CT molecular complexity index is 1920. The minimum absolute atomic E-state index is 0. The van der Waals surface area contributed by atoms with Gasteiger partial charge in [0.15, 0.2) is 0 Å². The van der Waals surface area contributed by atoms with Crippen LogP contribution >= 0.6 is 36.4 Å². The van der Waals surface area contributed by atoms with Crippen molar-refractivity contribution in [2.75, 3.05) is 0 Å². The van der Waals surface area contributed by atoms with Crippen molar-refractivity contribution >= 4 is 40.6 Å². The Kier molecular flexibility index (Phi) is 20.3. The zero-order valence-corrected chi connectivity index (χ0v) is 37.6. The molecule has 2 aliphatic carbocycles. The molecule has 0 spiro atoms. The molecule has 0 nitrogen and oxygen atoms in total. The van der Waals surface area contributed by atoms with Gasteiger partial charge in [-0.15, -0.1) is 60.1 Å². The van der Waals surface area contributed by atoms with E-state index in [1.165, 1.54) is 79.9 Å². The molecule has 6 aromatic carbocycles. The minimum atomic E-state index is 0. The Hall–Kier alpha value is -3.58. The molecule has 0 atom stereocenters. The number of hydrogen-bond donors (Lipinski definition) is 0. The Morgan fingerprint density at radius 3 is 1.60 bits per heavy atom. The molecule has 0 N–H and O–H groups in total. The van der Waals surface area contributed by atoms with Crippen molar-refractivity contribution in [1.82, 2.24) is 0 Å². The molecular weight excluding hydrogens is 810 g/mol. The van der Waals surface area contributed by atoms with Crippen LogP contribution in [-0.2, 0) is 41.5 Å². The molecule has 0 unspecified atom stereocenters. The first-order valence-electron chi connectivity index (χ1n) is 18.0. The van der Waals surface area contributed by atoms with E-state index in [9.17, 15) is 0 Å². The van der Waals surface area contributed by atoms with Crippen LogP contribution in [0.3, 0.4) is 0 Å². The zero-order chi connectivity index (χ0) is 38.3. The number of hydrogen-bond acceptors (Lipinski definition) is 0. The Labute approximate surface area is 363 Å². The Morgan fingerprint density at radius 2 is 1.18 bits per heavy atom. The van der Waals surface area contributed by atoms with E-state index in [-0.39, 0.29) is 35.6 Å². The van der Waals surface area contributed by atoms with Gasteiger partial charge in [-0.3, -0.25) is 6.08 Å². The molecule has 55 heavy (non-hydrogen) atoms. The monoisotopic (exact) mass is 858 g/mol. The maximum Gasteiger partial charge on any atom is -0.171 e. The molecule has 0 heterocycles. The fourth-order valence-electron chi connectivity index (χ4n) is 6.16. The van der Waals surface area contributed by atoms with Crippen LogP contribution in [0.4, 0.5) is 0 Å². The standard InChI is InChI=1S/C33H33.C6H4Cl.C6H5.C5H5.CH2.2ClH.Zr/c1-32(2,3)30-20-26-24(18-28(30)22-13-9-7-10-14-22)17-25-19-29(23-15-11-8-12-16-23)31(21-27(25)26)33(4,5)6;7-6-4-2-1-3-5-6;1-2-4-6-5-3-1;1-2-4-5-3-1;;;;/h7-16,18,20-21H,17H2,1-6H3;1-2,4-5H;1-5H;1-3H,4H2;1H2;2*1H;/q4*-1;;;;. The van der Waals surface area contributed by atoms with Crippen LogP contribution < -0.4 is 0 Å². The van der Waals surface area contributed by atoms with E-state index in [1.54, 1.807) is 6.07 Å². The summed E-state index contributed by atoms with van der Waals surface area (Å²) in [5.74, 6) is 0. The molecule has 0 aromatic heterocycles. The van der Waals surface area contributed by atoms with Crippen LogP contribution in [0.25, 0.3) is 33.4 Å². The average Bonchev–Trinajstić information content (AvgIpc) is 3.88. The molecule has 284 valence electrons. The van der Waals surface area contributed by atoms with Crippen molar-refractivity contribution in [1.29, 1.82) is 0 Å². The first-order valence-corrected chi connectivity index (χ1v) is 20.1. The van der Waals surface area contributed by atoms with Crippen molar-refractivity contribution in [2.45, 2.75) is 65.2 Å². The summed E-state index contributed by atoms with van der Waals surface area (Å²) in [4.78, 5) is 0. The van der Waals surface area contributed by atoms with Gasteiger partial charge < -0.3 is 0 Å². The summed E-state index contributed by atoms with van der Waals surface area (Å²) in [6, 6.07) is 55.4. The van der Waals surface area contributed by atoms with Crippen molar-refractivity contribution in [2.24, 2.45) is 0 Å². The van der Waals surface area contributed by atoms with E-state index in [2.05, 4.69) is 155 Å². The summed E-state index contributed by atoms with van der Waals surface area (Å²) in [5.41, 5.74) is 13.5. The van der Waals surface area contributed by atoms with E-state index in [0.717, 1.165) is 17.9 Å². The summed E-state index contributed by atoms with van der Waals surface area (Å²) < 4.78 is 3.34. The van der Waals surface area contributed by atoms with Crippen molar-refractivity contribution < 1.29 is 24.2 Å². The van der Waals surface area contributed by atoms with Gasteiger partial charge in [-0.25, -0.2) is 12.2 Å². The van der Waals surface area contributed by atoms with Gasteiger partial charge in [0.2, 0.25) is 0 Å². The van der Waals surface area contributed by atoms with Gasteiger partial charge in [-0.05, 0) is 39.5 Å². The summed E-state index contributed by atoms with van der Waals surface area (Å²) in [5, 5.41) is 0.738. The molecule has 6 aromatic rings. The van der Waals surface area contributed by atoms with E-state index in [1.807, 2.05) is 60.7 Å². The third-order valence-corrected chi connectivity index (χ3v) is 8.92. The van der Waals surface area contributed by atoms with E-state index < -0.39 is 0 Å². The molecule has 0 aliphatic heterocycles. The average molecular weight is 862 g/mol. The van der Waals surface area contributed by atoms with Crippen LogP contribution in [0.2, 0.25) is 5.02 Å². The fraction of sp³-hybridized carbons (Fsp3) is 0.196. The van der Waals surface area contributed by atoms with Gasteiger partial charge in [0.05, 0.1) is 0 Å². The van der Waals surface area contributed by atoms with E-state index in [0.29, 0.717) is 0 Å². The van der Waals surface area contributed by atoms with Crippen LogP contribution in [0.1, 0.15) is 70.2 Å². The Morgan fingerprint density at radius 1 is 0.618 bits per heavy atom. The molecule has 0 fully saturated rings. The third kappa shape index (κ3) is 14.1. The van der Waals surface area contributed by atoms with Gasteiger partial charge in [-0.2, -0.15) is 84.4 Å². The van der Waals surface area contributed by atoms with Crippen LogP contribution in [0.5, 0.6) is 0 Å². The topological polar surface area (TPSA) is 0 Å². The second-order valence-electron chi connectivity index (χ2n) is 14.7. The third-order valence-electron chi connectivity index (χ3n) is 8.69. The second kappa shape index (κ2) is 23.5. The fourth-order valence-corrected chi connectivity index (χ4v) is 6.29. The molecule has 0 saturated carbocycles. The van der Waals surface area contributed by atoms with Crippen LogP contribution in [-0.4, -0.2) is 4.21 Å². The summed E-state index contributed by atoms with van der Waals surface area (Å²) >= 11 is 6.81. The molecule has 4 heteroatoms. The van der Waals surface area contributed by atoms with Gasteiger partial charge in [0, 0.05) is 0 Å². The van der Waals surface area contributed by atoms with Gasteiger partial charge in [-0.1, -0.05) is 136 Å². The molecule has 8 rings (SSSR count). The number of allylic oxidation sites excluding steroid dienone is 4. The molecular formula is C51H51Cl3Zr-4. The quantitative estimate of drug-likeness (QED) is 0.152. The maximum atomic E-state index is 5.51. The molecule has 0 amide bonds. The smallest absolute Gasteiger partial charge is 0.171 e. The Balaban J connectivity index is 0.000000386. The molecule has 0 radical (unpaired) electrons. The second-order valence-corrected chi connectivity index (χ2v) is 15.2. The molecule has 0 bridgehead atoms. The predicted molar refractivity (Wildman–Crippen MR) is 241 cm³/mol. The first-order chi connectivity index (χ1) is 25.5. The van der Waals surface area contributed by atoms with Crippen LogP contribution in [0, 0.1) is 24.3 Å². The SMILES string of the molecule is CC(C)(C)c1cc2c([c-]c1-c1ccccc1)Cc1cc(-c3ccccc3)c(C(C)(C)C)cc1-2.Cl.Cl.Clc1c[c-]ccc1.[C-]1=CC=CC1.[CH2]=[Zr].[c-]1ccccc1. The van der Waals surface area contributed by atoms with Gasteiger partial charge in [0.25, 0.3) is 0 Å². The van der Waals surface area contributed by atoms with Crippen molar-refractivity contribution in [3.8, 4) is 33.4 Å².